The zero-order valence-corrected chi connectivity index (χ0v) is 13.2. The highest BCUT2D eigenvalue weighted by Gasteiger charge is 2.15. The molecular weight excluding hydrogens is 312 g/mol. The molecule has 2 aromatic rings. The number of carbonyl (C=O) groups excluding carboxylic acids is 2. The maximum atomic E-state index is 11.6. The molecule has 6 N–H and O–H groups in total. The van der Waals surface area contributed by atoms with E-state index in [2.05, 4.69) is 20.6 Å². The Morgan fingerprint density at radius 1 is 1.29 bits per heavy atom. The summed E-state index contributed by atoms with van der Waals surface area (Å²) >= 11 is 0. The molecule has 2 rings (SSSR count). The molecule has 9 nitrogen and oxygen atoms in total. The number of rotatable bonds is 7. The SMILES string of the molecule is COc1cccc(Nc2nc(N[C@H](C)C(N)=O)ncc2C(N)=O)c1. The number of anilines is 3. The largest absolute Gasteiger partial charge is 0.497 e. The summed E-state index contributed by atoms with van der Waals surface area (Å²) in [7, 11) is 1.55. The average Bonchev–Trinajstić information content (AvgIpc) is 2.54. The van der Waals surface area contributed by atoms with Crippen molar-refractivity contribution in [3.63, 3.8) is 0 Å². The van der Waals surface area contributed by atoms with Gasteiger partial charge in [0.1, 0.15) is 23.2 Å². The van der Waals surface area contributed by atoms with E-state index < -0.39 is 17.9 Å². The lowest BCUT2D eigenvalue weighted by Gasteiger charge is -2.14. The molecule has 24 heavy (non-hydrogen) atoms. The Morgan fingerprint density at radius 2 is 2.04 bits per heavy atom. The number of ether oxygens (including phenoxy) is 1. The van der Waals surface area contributed by atoms with Gasteiger partial charge < -0.3 is 26.8 Å². The molecule has 2 amide bonds. The third kappa shape index (κ3) is 4.09. The number of aromatic nitrogens is 2. The minimum atomic E-state index is -0.685. The summed E-state index contributed by atoms with van der Waals surface area (Å²) in [5.41, 5.74) is 11.3. The lowest BCUT2D eigenvalue weighted by molar-refractivity contribution is -0.118. The third-order valence-electron chi connectivity index (χ3n) is 3.16. The van der Waals surface area contributed by atoms with Gasteiger partial charge in [0.05, 0.1) is 7.11 Å². The molecule has 1 aromatic carbocycles. The van der Waals surface area contributed by atoms with E-state index in [-0.39, 0.29) is 17.3 Å². The van der Waals surface area contributed by atoms with Crippen LogP contribution in [0.1, 0.15) is 17.3 Å². The number of nitrogens with zero attached hydrogens (tertiary/aromatic N) is 2. The summed E-state index contributed by atoms with van der Waals surface area (Å²) in [6, 6.07) is 6.39. The van der Waals surface area contributed by atoms with Crippen LogP contribution in [0.25, 0.3) is 0 Å². The van der Waals surface area contributed by atoms with Crippen LogP contribution in [-0.4, -0.2) is 34.9 Å². The standard InChI is InChI=1S/C15H18N6O3/c1-8(12(16)22)19-15-18-7-11(13(17)23)14(21-15)20-9-4-3-5-10(6-9)24-2/h3-8H,1-2H3,(H2,16,22)(H2,17,23)(H2,18,19,20,21)/t8-/m1/s1. The summed E-state index contributed by atoms with van der Waals surface area (Å²) in [4.78, 5) is 30.8. The maximum absolute atomic E-state index is 11.6. The van der Waals surface area contributed by atoms with Gasteiger partial charge in [-0.3, -0.25) is 9.59 Å². The van der Waals surface area contributed by atoms with Crippen LogP contribution in [0.3, 0.4) is 0 Å². The van der Waals surface area contributed by atoms with E-state index in [1.165, 1.54) is 6.20 Å². The molecule has 0 saturated heterocycles. The number of carbonyl (C=O) groups is 2. The van der Waals surface area contributed by atoms with Crippen LogP contribution in [0.4, 0.5) is 17.5 Å². The molecule has 1 atom stereocenters. The van der Waals surface area contributed by atoms with Gasteiger partial charge in [-0.2, -0.15) is 4.98 Å². The smallest absolute Gasteiger partial charge is 0.254 e. The maximum Gasteiger partial charge on any atom is 0.254 e. The Labute approximate surface area is 138 Å². The number of hydrogen-bond donors (Lipinski definition) is 4. The highest BCUT2D eigenvalue weighted by Crippen LogP contribution is 2.23. The molecule has 0 radical (unpaired) electrons. The number of benzene rings is 1. The highest BCUT2D eigenvalue weighted by atomic mass is 16.5. The molecule has 0 spiro atoms. The van der Waals surface area contributed by atoms with Gasteiger partial charge in [-0.05, 0) is 19.1 Å². The van der Waals surface area contributed by atoms with Crippen LogP contribution in [0, 0.1) is 0 Å². The molecular formula is C15H18N6O3. The van der Waals surface area contributed by atoms with Crippen molar-refractivity contribution < 1.29 is 14.3 Å². The normalized spacial score (nSPS) is 11.4. The third-order valence-corrected chi connectivity index (χ3v) is 3.16. The summed E-state index contributed by atoms with van der Waals surface area (Å²) < 4.78 is 5.14. The quantitative estimate of drug-likeness (QED) is 0.582. The summed E-state index contributed by atoms with van der Waals surface area (Å²) in [6.45, 7) is 1.57. The van der Waals surface area contributed by atoms with Crippen molar-refractivity contribution in [3.8, 4) is 5.75 Å². The van der Waals surface area contributed by atoms with Gasteiger partial charge in [-0.1, -0.05) is 6.07 Å². The Balaban J connectivity index is 2.34. The van der Waals surface area contributed by atoms with Gasteiger partial charge in [0.2, 0.25) is 11.9 Å². The first-order valence-electron chi connectivity index (χ1n) is 7.04. The molecule has 0 aliphatic rings. The molecule has 126 valence electrons. The fraction of sp³-hybridized carbons (Fsp3) is 0.200. The van der Waals surface area contributed by atoms with Crippen molar-refractivity contribution in [3.05, 3.63) is 36.0 Å². The second-order valence-electron chi connectivity index (χ2n) is 4.95. The zero-order valence-electron chi connectivity index (χ0n) is 13.2. The molecule has 9 heteroatoms. The van der Waals surface area contributed by atoms with Crippen LogP contribution in [0.2, 0.25) is 0 Å². The Kier molecular flexibility index (Phi) is 5.15. The van der Waals surface area contributed by atoms with Gasteiger partial charge in [0.25, 0.3) is 5.91 Å². The molecule has 0 saturated carbocycles. The number of nitrogens with two attached hydrogens (primary N) is 2. The molecule has 1 heterocycles. The minimum absolute atomic E-state index is 0.107. The molecule has 0 unspecified atom stereocenters. The Hall–Kier alpha value is -3.36. The Morgan fingerprint density at radius 3 is 2.67 bits per heavy atom. The fourth-order valence-electron chi connectivity index (χ4n) is 1.83. The van der Waals surface area contributed by atoms with E-state index in [0.717, 1.165) is 0 Å². The number of primary amides is 2. The number of nitrogens with one attached hydrogen (secondary N) is 2. The number of methoxy groups -OCH3 is 1. The van der Waals surface area contributed by atoms with Crippen LogP contribution < -0.4 is 26.8 Å². The lowest BCUT2D eigenvalue weighted by Crippen LogP contribution is -2.33. The number of hydrogen-bond acceptors (Lipinski definition) is 7. The fourth-order valence-corrected chi connectivity index (χ4v) is 1.83. The van der Waals surface area contributed by atoms with E-state index in [4.69, 9.17) is 16.2 Å². The van der Waals surface area contributed by atoms with Gasteiger partial charge in [-0.15, -0.1) is 0 Å². The van der Waals surface area contributed by atoms with Crippen molar-refractivity contribution in [2.45, 2.75) is 13.0 Å². The van der Waals surface area contributed by atoms with Crippen LogP contribution in [0.15, 0.2) is 30.5 Å². The topological polar surface area (TPSA) is 145 Å². The number of amides is 2. The lowest BCUT2D eigenvalue weighted by atomic mass is 10.2. The van der Waals surface area contributed by atoms with E-state index in [0.29, 0.717) is 11.4 Å². The van der Waals surface area contributed by atoms with E-state index >= 15 is 0 Å². The highest BCUT2D eigenvalue weighted by molar-refractivity contribution is 5.98. The van der Waals surface area contributed by atoms with Crippen LogP contribution >= 0.6 is 0 Å². The average molecular weight is 330 g/mol. The molecule has 1 aromatic heterocycles. The minimum Gasteiger partial charge on any atom is -0.497 e. The van der Waals surface area contributed by atoms with E-state index in [1.807, 2.05) is 0 Å². The van der Waals surface area contributed by atoms with Gasteiger partial charge in [0, 0.05) is 18.0 Å². The van der Waals surface area contributed by atoms with Gasteiger partial charge in [-0.25, -0.2) is 4.98 Å². The Bertz CT molecular complexity index is 765. The van der Waals surface area contributed by atoms with E-state index in [1.54, 1.807) is 38.3 Å². The van der Waals surface area contributed by atoms with Crippen molar-refractivity contribution in [2.24, 2.45) is 11.5 Å². The van der Waals surface area contributed by atoms with Gasteiger partial charge in [0.15, 0.2) is 0 Å². The molecule has 0 aliphatic carbocycles. The second kappa shape index (κ2) is 7.27. The predicted molar refractivity (Wildman–Crippen MR) is 89.1 cm³/mol. The monoisotopic (exact) mass is 330 g/mol. The van der Waals surface area contributed by atoms with Crippen molar-refractivity contribution in [2.75, 3.05) is 17.7 Å². The van der Waals surface area contributed by atoms with Crippen molar-refractivity contribution >= 4 is 29.3 Å². The predicted octanol–water partition coefficient (Wildman–Crippen LogP) is 0.613. The van der Waals surface area contributed by atoms with Crippen LogP contribution in [-0.2, 0) is 4.79 Å². The van der Waals surface area contributed by atoms with Crippen molar-refractivity contribution in [1.82, 2.24) is 9.97 Å². The summed E-state index contributed by atoms with van der Waals surface area (Å²) in [5.74, 6) is -0.272. The zero-order chi connectivity index (χ0) is 17.7. The van der Waals surface area contributed by atoms with E-state index in [9.17, 15) is 9.59 Å². The summed E-state index contributed by atoms with van der Waals surface area (Å²) in [5, 5.41) is 5.73. The first-order chi connectivity index (χ1) is 11.4. The summed E-state index contributed by atoms with van der Waals surface area (Å²) in [6.07, 6.45) is 1.27. The second-order valence-corrected chi connectivity index (χ2v) is 4.95. The molecule has 0 aliphatic heterocycles. The molecule has 0 bridgehead atoms. The van der Waals surface area contributed by atoms with Crippen LogP contribution in [0.5, 0.6) is 5.75 Å². The first kappa shape index (κ1) is 17.0. The van der Waals surface area contributed by atoms with Crippen molar-refractivity contribution in [1.29, 1.82) is 0 Å². The first-order valence-corrected chi connectivity index (χ1v) is 7.04. The molecule has 0 fully saturated rings. The van der Waals surface area contributed by atoms with Gasteiger partial charge >= 0.3 is 0 Å².